The molecule has 0 saturated heterocycles. The van der Waals surface area contributed by atoms with Crippen LogP contribution >= 0.6 is 22.6 Å². The molecule has 1 aromatic rings. The molecule has 2 nitrogen and oxygen atoms in total. The van der Waals surface area contributed by atoms with Gasteiger partial charge in [-0.05, 0) is 28.7 Å². The zero-order chi connectivity index (χ0) is 8.27. The summed E-state index contributed by atoms with van der Waals surface area (Å²) < 4.78 is 13.5. The van der Waals surface area contributed by atoms with Crippen LogP contribution in [0.2, 0.25) is 0 Å². The number of carbonyl (C=O) groups is 1. The van der Waals surface area contributed by atoms with E-state index in [0.717, 1.165) is 3.57 Å². The van der Waals surface area contributed by atoms with Crippen LogP contribution in [0, 0.1) is 9.39 Å². The van der Waals surface area contributed by atoms with Crippen molar-refractivity contribution in [2.24, 2.45) is 0 Å². The SMILES string of the molecule is O=CCc1ncc(I)cc1F. The van der Waals surface area contributed by atoms with Crippen LogP contribution in [0.5, 0.6) is 0 Å². The molecule has 0 unspecified atom stereocenters. The molecule has 1 aromatic heterocycles. The fraction of sp³-hybridized carbons (Fsp3) is 0.143. The summed E-state index contributed by atoms with van der Waals surface area (Å²) in [5.74, 6) is -0.413. The first-order valence-electron chi connectivity index (χ1n) is 2.97. The Hall–Kier alpha value is -0.520. The number of rotatable bonds is 2. The highest BCUT2D eigenvalue weighted by Gasteiger charge is 2.02. The number of nitrogens with zero attached hydrogens (tertiary/aromatic N) is 1. The third kappa shape index (κ3) is 2.21. The maximum atomic E-state index is 12.8. The Balaban J connectivity index is 2.98. The lowest BCUT2D eigenvalue weighted by molar-refractivity contribution is -0.107. The first-order valence-corrected chi connectivity index (χ1v) is 4.05. The number of pyridine rings is 1. The molecule has 0 aromatic carbocycles. The maximum Gasteiger partial charge on any atom is 0.146 e. The molecule has 1 heterocycles. The van der Waals surface area contributed by atoms with E-state index in [0.29, 0.717) is 6.29 Å². The van der Waals surface area contributed by atoms with Gasteiger partial charge < -0.3 is 4.79 Å². The fourth-order valence-corrected chi connectivity index (χ4v) is 1.08. The molecule has 0 spiro atoms. The third-order valence-electron chi connectivity index (χ3n) is 1.16. The van der Waals surface area contributed by atoms with Gasteiger partial charge in [-0.2, -0.15) is 0 Å². The minimum atomic E-state index is -0.413. The normalized spacial score (nSPS) is 9.64. The van der Waals surface area contributed by atoms with Gasteiger partial charge in [0.25, 0.3) is 0 Å². The summed E-state index contributed by atoms with van der Waals surface area (Å²) >= 11 is 1.96. The van der Waals surface area contributed by atoms with Crippen LogP contribution in [0.4, 0.5) is 4.39 Å². The van der Waals surface area contributed by atoms with Gasteiger partial charge in [-0.25, -0.2) is 4.39 Å². The lowest BCUT2D eigenvalue weighted by Crippen LogP contribution is -1.96. The second kappa shape index (κ2) is 3.75. The summed E-state index contributed by atoms with van der Waals surface area (Å²) in [4.78, 5) is 13.8. The van der Waals surface area contributed by atoms with Crippen molar-refractivity contribution in [2.45, 2.75) is 6.42 Å². The van der Waals surface area contributed by atoms with Gasteiger partial charge in [0.05, 0.1) is 5.69 Å². The van der Waals surface area contributed by atoms with E-state index < -0.39 is 5.82 Å². The van der Waals surface area contributed by atoms with Crippen molar-refractivity contribution < 1.29 is 9.18 Å². The van der Waals surface area contributed by atoms with Crippen molar-refractivity contribution in [3.8, 4) is 0 Å². The molecule has 1 rings (SSSR count). The molecule has 0 amide bonds. The molecule has 4 heteroatoms. The number of hydrogen-bond donors (Lipinski definition) is 0. The summed E-state index contributed by atoms with van der Waals surface area (Å²) in [5.41, 5.74) is 0.209. The van der Waals surface area contributed by atoms with Gasteiger partial charge in [0.15, 0.2) is 0 Å². The second-order valence-electron chi connectivity index (χ2n) is 1.95. The van der Waals surface area contributed by atoms with Crippen LogP contribution in [0.3, 0.4) is 0 Å². The highest BCUT2D eigenvalue weighted by Crippen LogP contribution is 2.08. The van der Waals surface area contributed by atoms with Gasteiger partial charge in [0.1, 0.15) is 12.1 Å². The number of aromatic nitrogens is 1. The highest BCUT2D eigenvalue weighted by atomic mass is 127. The molecule has 11 heavy (non-hydrogen) atoms. The van der Waals surface area contributed by atoms with E-state index in [2.05, 4.69) is 4.98 Å². The zero-order valence-corrected chi connectivity index (χ0v) is 7.71. The lowest BCUT2D eigenvalue weighted by Gasteiger charge is -1.96. The minimum Gasteiger partial charge on any atom is -0.303 e. The highest BCUT2D eigenvalue weighted by molar-refractivity contribution is 14.1. The predicted molar refractivity (Wildman–Crippen MR) is 46.7 cm³/mol. The standard InChI is InChI=1S/C7H5FINO/c8-6-3-5(9)4-10-7(6)1-2-11/h2-4H,1H2. The number of hydrogen-bond acceptors (Lipinski definition) is 2. The summed E-state index contributed by atoms with van der Waals surface area (Å²) in [6, 6.07) is 1.35. The van der Waals surface area contributed by atoms with Crippen molar-refractivity contribution in [1.82, 2.24) is 4.98 Å². The van der Waals surface area contributed by atoms with Crippen LogP contribution in [-0.2, 0) is 11.2 Å². The first-order chi connectivity index (χ1) is 5.24. The Labute approximate surface area is 77.0 Å². The van der Waals surface area contributed by atoms with Crippen LogP contribution < -0.4 is 0 Å². The Morgan fingerprint density at radius 1 is 1.73 bits per heavy atom. The molecule has 0 atom stereocenters. The predicted octanol–water partition coefficient (Wildman–Crippen LogP) is 1.57. The number of carbonyl (C=O) groups excluding carboxylic acids is 1. The van der Waals surface area contributed by atoms with Gasteiger partial charge in [-0.15, -0.1) is 0 Å². The average molecular weight is 265 g/mol. The van der Waals surface area contributed by atoms with Crippen LogP contribution in [0.1, 0.15) is 5.69 Å². The Kier molecular flexibility index (Phi) is 2.92. The van der Waals surface area contributed by atoms with Crippen LogP contribution in [0.15, 0.2) is 12.3 Å². The quantitative estimate of drug-likeness (QED) is 0.600. The van der Waals surface area contributed by atoms with Gasteiger partial charge in [-0.1, -0.05) is 0 Å². The number of halogens is 2. The molecule has 0 aliphatic heterocycles. The summed E-state index contributed by atoms with van der Waals surface area (Å²) in [6.07, 6.45) is 2.21. The van der Waals surface area contributed by atoms with E-state index in [1.807, 2.05) is 22.6 Å². The minimum absolute atomic E-state index is 0.0444. The van der Waals surface area contributed by atoms with Crippen molar-refractivity contribution in [2.75, 3.05) is 0 Å². The van der Waals surface area contributed by atoms with E-state index in [-0.39, 0.29) is 12.1 Å². The van der Waals surface area contributed by atoms with Gasteiger partial charge in [0, 0.05) is 16.2 Å². The van der Waals surface area contributed by atoms with E-state index in [1.165, 1.54) is 12.3 Å². The Morgan fingerprint density at radius 3 is 3.00 bits per heavy atom. The average Bonchev–Trinajstić information content (AvgIpc) is 1.95. The second-order valence-corrected chi connectivity index (χ2v) is 3.20. The van der Waals surface area contributed by atoms with Gasteiger partial charge in [0.2, 0.25) is 0 Å². The zero-order valence-electron chi connectivity index (χ0n) is 5.55. The first kappa shape index (κ1) is 8.58. The molecule has 0 bridgehead atoms. The van der Waals surface area contributed by atoms with Crippen LogP contribution in [-0.4, -0.2) is 11.3 Å². The smallest absolute Gasteiger partial charge is 0.146 e. The fourth-order valence-electron chi connectivity index (χ4n) is 0.672. The molecule has 0 aliphatic rings. The van der Waals surface area contributed by atoms with E-state index in [1.54, 1.807) is 0 Å². The van der Waals surface area contributed by atoms with E-state index in [4.69, 9.17) is 0 Å². The van der Waals surface area contributed by atoms with Crippen molar-refractivity contribution in [1.29, 1.82) is 0 Å². The maximum absolute atomic E-state index is 12.8. The Morgan fingerprint density at radius 2 is 2.45 bits per heavy atom. The monoisotopic (exact) mass is 265 g/mol. The Bertz CT molecular complexity index is 277. The molecule has 0 saturated carbocycles. The van der Waals surface area contributed by atoms with Crippen LogP contribution in [0.25, 0.3) is 0 Å². The topological polar surface area (TPSA) is 30.0 Å². The van der Waals surface area contributed by atoms with Crippen molar-refractivity contribution in [3.63, 3.8) is 0 Å². The molecule has 0 radical (unpaired) electrons. The van der Waals surface area contributed by atoms with Crippen molar-refractivity contribution in [3.05, 3.63) is 27.3 Å². The molecule has 0 fully saturated rings. The third-order valence-corrected chi connectivity index (χ3v) is 1.75. The van der Waals surface area contributed by atoms with E-state index >= 15 is 0 Å². The lowest BCUT2D eigenvalue weighted by atomic mass is 10.3. The molecule has 0 N–H and O–H groups in total. The molecular weight excluding hydrogens is 260 g/mol. The summed E-state index contributed by atoms with van der Waals surface area (Å²) in [5, 5.41) is 0. The van der Waals surface area contributed by atoms with Gasteiger partial charge in [-0.3, -0.25) is 4.98 Å². The largest absolute Gasteiger partial charge is 0.303 e. The van der Waals surface area contributed by atoms with Crippen molar-refractivity contribution >= 4 is 28.9 Å². The molecule has 0 aliphatic carbocycles. The van der Waals surface area contributed by atoms with Gasteiger partial charge >= 0.3 is 0 Å². The molecular formula is C7H5FINO. The molecule has 58 valence electrons. The van der Waals surface area contributed by atoms with E-state index in [9.17, 15) is 9.18 Å². The number of aldehydes is 1. The summed E-state index contributed by atoms with van der Waals surface area (Å²) in [7, 11) is 0. The summed E-state index contributed by atoms with van der Waals surface area (Å²) in [6.45, 7) is 0.